The molecule has 0 unspecified atom stereocenters. The second-order valence-electron chi connectivity index (χ2n) is 6.93. The van der Waals surface area contributed by atoms with E-state index in [1.165, 1.54) is 44.5 Å². The van der Waals surface area contributed by atoms with Gasteiger partial charge in [-0.1, -0.05) is 84.9 Å². The van der Waals surface area contributed by atoms with Crippen LogP contribution in [0.4, 0.5) is 0 Å². The Morgan fingerprint density at radius 1 is 0.640 bits per heavy atom. The molecule has 0 saturated heterocycles. The maximum Gasteiger partial charge on any atom is 0.0685 e. The van der Waals surface area contributed by atoms with Crippen LogP contribution in [-0.2, 0) is 5.41 Å². The SMILES string of the molecule is CC=CC1=C(C)C2(c3ccccc31)c1ccccc1-c1ccccc12. The van der Waals surface area contributed by atoms with Crippen molar-refractivity contribution in [2.75, 3.05) is 0 Å². The molecule has 3 aromatic rings. The van der Waals surface area contributed by atoms with Gasteiger partial charge < -0.3 is 0 Å². The van der Waals surface area contributed by atoms with Gasteiger partial charge in [-0.3, -0.25) is 0 Å². The van der Waals surface area contributed by atoms with Gasteiger partial charge in [0.1, 0.15) is 0 Å². The van der Waals surface area contributed by atoms with E-state index in [-0.39, 0.29) is 5.41 Å². The molecule has 5 rings (SSSR count). The Labute approximate surface area is 149 Å². The molecule has 2 aliphatic rings. The van der Waals surface area contributed by atoms with Crippen LogP contribution in [0.2, 0.25) is 0 Å². The molecular formula is C25H20. The molecule has 0 saturated carbocycles. The Morgan fingerprint density at radius 3 is 1.60 bits per heavy atom. The van der Waals surface area contributed by atoms with Gasteiger partial charge in [0.25, 0.3) is 0 Å². The molecule has 0 radical (unpaired) electrons. The highest BCUT2D eigenvalue weighted by Gasteiger charge is 2.50. The van der Waals surface area contributed by atoms with E-state index in [9.17, 15) is 0 Å². The van der Waals surface area contributed by atoms with Crippen molar-refractivity contribution in [1.82, 2.24) is 0 Å². The first kappa shape index (κ1) is 14.5. The van der Waals surface area contributed by atoms with Crippen molar-refractivity contribution in [3.63, 3.8) is 0 Å². The highest BCUT2D eigenvalue weighted by molar-refractivity contribution is 5.96. The lowest BCUT2D eigenvalue weighted by Crippen LogP contribution is -2.26. The number of hydrogen-bond acceptors (Lipinski definition) is 0. The lowest BCUT2D eigenvalue weighted by atomic mass is 9.70. The number of benzene rings is 3. The first-order valence-corrected chi connectivity index (χ1v) is 8.93. The predicted molar refractivity (Wildman–Crippen MR) is 106 cm³/mol. The van der Waals surface area contributed by atoms with Crippen LogP contribution in [0.3, 0.4) is 0 Å². The van der Waals surface area contributed by atoms with Gasteiger partial charge in [0.05, 0.1) is 5.41 Å². The second kappa shape index (κ2) is 5.07. The van der Waals surface area contributed by atoms with E-state index in [1.54, 1.807) is 0 Å². The largest absolute Gasteiger partial charge is 0.0870 e. The fourth-order valence-electron chi connectivity index (χ4n) is 4.96. The minimum atomic E-state index is -0.154. The van der Waals surface area contributed by atoms with Gasteiger partial charge >= 0.3 is 0 Å². The van der Waals surface area contributed by atoms with Crippen LogP contribution in [0.25, 0.3) is 16.7 Å². The van der Waals surface area contributed by atoms with Crippen LogP contribution < -0.4 is 0 Å². The molecule has 0 aliphatic heterocycles. The molecule has 120 valence electrons. The first-order valence-electron chi connectivity index (χ1n) is 8.93. The third-order valence-corrected chi connectivity index (χ3v) is 5.87. The van der Waals surface area contributed by atoms with Crippen LogP contribution >= 0.6 is 0 Å². The summed E-state index contributed by atoms with van der Waals surface area (Å²) in [5.74, 6) is 0. The molecule has 0 nitrogen and oxygen atoms in total. The highest BCUT2D eigenvalue weighted by atomic mass is 14.5. The summed E-state index contributed by atoms with van der Waals surface area (Å²) in [6.45, 7) is 4.42. The second-order valence-corrected chi connectivity index (χ2v) is 6.93. The van der Waals surface area contributed by atoms with Gasteiger partial charge in [-0.05, 0) is 58.4 Å². The summed E-state index contributed by atoms with van der Waals surface area (Å²) >= 11 is 0. The van der Waals surface area contributed by atoms with Gasteiger partial charge in [0.2, 0.25) is 0 Å². The van der Waals surface area contributed by atoms with E-state index in [1.807, 2.05) is 0 Å². The maximum atomic E-state index is 2.31. The Bertz CT molecular complexity index is 1020. The maximum absolute atomic E-state index is 2.31. The molecule has 25 heavy (non-hydrogen) atoms. The van der Waals surface area contributed by atoms with E-state index >= 15 is 0 Å². The summed E-state index contributed by atoms with van der Waals surface area (Å²) in [5, 5.41) is 0. The quantitative estimate of drug-likeness (QED) is 0.489. The van der Waals surface area contributed by atoms with Crippen molar-refractivity contribution in [3.05, 3.63) is 113 Å². The zero-order chi connectivity index (χ0) is 17.0. The van der Waals surface area contributed by atoms with E-state index in [2.05, 4.69) is 98.8 Å². The standard InChI is InChI=1S/C25H20/c1-3-10-18-17(2)25(22-14-7-4-11-19(18)22)23-15-8-5-12-20(23)21-13-6-9-16-24(21)25/h3-16H,1-2H3. The monoisotopic (exact) mass is 320 g/mol. The lowest BCUT2D eigenvalue weighted by molar-refractivity contribution is 0.766. The Balaban J connectivity index is 2.00. The van der Waals surface area contributed by atoms with E-state index in [4.69, 9.17) is 0 Å². The number of fused-ring (bicyclic) bond motifs is 7. The summed E-state index contributed by atoms with van der Waals surface area (Å²) in [6.07, 6.45) is 4.42. The van der Waals surface area contributed by atoms with Crippen LogP contribution in [0.1, 0.15) is 36.1 Å². The van der Waals surface area contributed by atoms with Crippen molar-refractivity contribution in [3.8, 4) is 11.1 Å². The molecule has 3 aromatic carbocycles. The molecule has 0 bridgehead atoms. The van der Waals surface area contributed by atoms with Gasteiger partial charge in [-0.25, -0.2) is 0 Å². The topological polar surface area (TPSA) is 0 Å². The molecular weight excluding hydrogens is 300 g/mol. The highest BCUT2D eigenvalue weighted by Crippen LogP contribution is 2.61. The molecule has 2 aliphatic carbocycles. The third kappa shape index (κ3) is 1.62. The average Bonchev–Trinajstić information content (AvgIpc) is 3.10. The van der Waals surface area contributed by atoms with E-state index in [0.29, 0.717) is 0 Å². The lowest BCUT2D eigenvalue weighted by Gasteiger charge is -2.31. The van der Waals surface area contributed by atoms with Crippen molar-refractivity contribution >= 4 is 5.57 Å². The summed E-state index contributed by atoms with van der Waals surface area (Å²) in [5.41, 5.74) is 11.0. The molecule has 0 fully saturated rings. The molecule has 0 atom stereocenters. The molecule has 0 heteroatoms. The Morgan fingerprint density at radius 2 is 1.08 bits per heavy atom. The van der Waals surface area contributed by atoms with Crippen LogP contribution in [0, 0.1) is 0 Å². The predicted octanol–water partition coefficient (Wildman–Crippen LogP) is 6.36. The smallest absolute Gasteiger partial charge is 0.0685 e. The molecule has 0 aromatic heterocycles. The van der Waals surface area contributed by atoms with Crippen LogP contribution in [0.15, 0.2) is 90.5 Å². The summed E-state index contributed by atoms with van der Waals surface area (Å²) < 4.78 is 0. The van der Waals surface area contributed by atoms with Gasteiger partial charge in [0.15, 0.2) is 0 Å². The average molecular weight is 320 g/mol. The van der Waals surface area contributed by atoms with E-state index in [0.717, 1.165) is 0 Å². The van der Waals surface area contributed by atoms with Crippen molar-refractivity contribution < 1.29 is 0 Å². The van der Waals surface area contributed by atoms with Crippen molar-refractivity contribution in [2.45, 2.75) is 19.3 Å². The third-order valence-electron chi connectivity index (χ3n) is 5.87. The van der Waals surface area contributed by atoms with Crippen LogP contribution in [0.5, 0.6) is 0 Å². The Kier molecular flexibility index (Phi) is 2.93. The minimum Gasteiger partial charge on any atom is -0.0870 e. The summed E-state index contributed by atoms with van der Waals surface area (Å²) in [6, 6.07) is 26.7. The van der Waals surface area contributed by atoms with Gasteiger partial charge in [-0.2, -0.15) is 0 Å². The summed E-state index contributed by atoms with van der Waals surface area (Å²) in [7, 11) is 0. The Hall–Kier alpha value is -2.86. The molecule has 1 spiro atoms. The van der Waals surface area contributed by atoms with Gasteiger partial charge in [0, 0.05) is 0 Å². The molecule has 0 N–H and O–H groups in total. The van der Waals surface area contributed by atoms with Crippen molar-refractivity contribution in [1.29, 1.82) is 0 Å². The number of hydrogen-bond donors (Lipinski definition) is 0. The number of rotatable bonds is 1. The zero-order valence-corrected chi connectivity index (χ0v) is 14.6. The van der Waals surface area contributed by atoms with E-state index < -0.39 is 0 Å². The van der Waals surface area contributed by atoms with Crippen molar-refractivity contribution in [2.24, 2.45) is 0 Å². The number of allylic oxidation sites excluding steroid dienone is 4. The normalized spacial score (nSPS) is 16.4. The van der Waals surface area contributed by atoms with Crippen LogP contribution in [-0.4, -0.2) is 0 Å². The minimum absolute atomic E-state index is 0.154. The molecule has 0 heterocycles. The fourth-order valence-corrected chi connectivity index (χ4v) is 4.96. The van der Waals surface area contributed by atoms with Gasteiger partial charge in [-0.15, -0.1) is 0 Å². The fraction of sp³-hybridized carbons (Fsp3) is 0.120. The zero-order valence-electron chi connectivity index (χ0n) is 14.6. The molecule has 0 amide bonds. The first-order chi connectivity index (χ1) is 12.3. The summed E-state index contributed by atoms with van der Waals surface area (Å²) in [4.78, 5) is 0.